The number of nitrogens with two attached hydrogens (primary N) is 1. The van der Waals surface area contributed by atoms with Crippen LogP contribution >= 0.6 is 11.3 Å². The molecule has 0 spiro atoms. The fraction of sp³-hybridized carbons (Fsp3) is 0.545. The molecular formula is C11H18N2OS. The molecule has 0 bridgehead atoms. The maximum Gasteiger partial charge on any atom is 0.241 e. The smallest absolute Gasteiger partial charge is 0.241 e. The summed E-state index contributed by atoms with van der Waals surface area (Å²) in [4.78, 5) is 14.7. The van der Waals surface area contributed by atoms with Gasteiger partial charge >= 0.3 is 0 Å². The van der Waals surface area contributed by atoms with E-state index >= 15 is 0 Å². The lowest BCUT2D eigenvalue weighted by Gasteiger charge is -2.25. The summed E-state index contributed by atoms with van der Waals surface area (Å²) in [6.45, 7) is 4.19. The number of carbonyl (C=O) groups is 1. The molecule has 2 N–H and O–H groups in total. The van der Waals surface area contributed by atoms with E-state index in [0.29, 0.717) is 0 Å². The molecule has 0 aromatic carbocycles. The first-order chi connectivity index (χ1) is 6.91. The van der Waals surface area contributed by atoms with Crippen molar-refractivity contribution in [2.75, 3.05) is 13.6 Å². The predicted octanol–water partition coefficient (Wildman–Crippen LogP) is 1.49. The second-order valence-electron chi connectivity index (χ2n) is 4.28. The fourth-order valence-corrected chi connectivity index (χ4v) is 2.02. The SMILES string of the molecule is CN(CCc1cccs1)C(=O)C(C)(C)N. The van der Waals surface area contributed by atoms with E-state index in [2.05, 4.69) is 6.07 Å². The van der Waals surface area contributed by atoms with Gasteiger partial charge in [-0.15, -0.1) is 11.3 Å². The van der Waals surface area contributed by atoms with E-state index in [1.807, 2.05) is 11.4 Å². The van der Waals surface area contributed by atoms with Crippen LogP contribution in [0.1, 0.15) is 18.7 Å². The van der Waals surface area contributed by atoms with Gasteiger partial charge in [-0.25, -0.2) is 0 Å². The van der Waals surface area contributed by atoms with Gasteiger partial charge in [0, 0.05) is 18.5 Å². The number of hydrogen-bond donors (Lipinski definition) is 1. The van der Waals surface area contributed by atoms with Crippen molar-refractivity contribution >= 4 is 17.2 Å². The van der Waals surface area contributed by atoms with Crippen LogP contribution in [0.2, 0.25) is 0 Å². The quantitative estimate of drug-likeness (QED) is 0.845. The number of carbonyl (C=O) groups excluding carboxylic acids is 1. The second kappa shape index (κ2) is 4.77. The molecule has 0 fully saturated rings. The van der Waals surface area contributed by atoms with Crippen LogP contribution in [0.4, 0.5) is 0 Å². The van der Waals surface area contributed by atoms with Gasteiger partial charge in [0.15, 0.2) is 0 Å². The average Bonchev–Trinajstić information content (AvgIpc) is 2.63. The molecule has 1 amide bonds. The van der Waals surface area contributed by atoms with Gasteiger partial charge in [0.1, 0.15) is 0 Å². The van der Waals surface area contributed by atoms with Crippen LogP contribution in [0.5, 0.6) is 0 Å². The summed E-state index contributed by atoms with van der Waals surface area (Å²) < 4.78 is 0. The molecular weight excluding hydrogens is 208 g/mol. The molecule has 1 aromatic rings. The Morgan fingerprint density at radius 1 is 1.60 bits per heavy atom. The first-order valence-electron chi connectivity index (χ1n) is 4.98. The summed E-state index contributed by atoms with van der Waals surface area (Å²) in [5, 5.41) is 2.05. The molecule has 0 aliphatic carbocycles. The highest BCUT2D eigenvalue weighted by atomic mass is 32.1. The maximum atomic E-state index is 11.7. The van der Waals surface area contributed by atoms with Gasteiger partial charge in [-0.2, -0.15) is 0 Å². The molecule has 0 saturated heterocycles. The van der Waals surface area contributed by atoms with Gasteiger partial charge in [0.05, 0.1) is 5.54 Å². The van der Waals surface area contributed by atoms with Crippen LogP contribution in [0, 0.1) is 0 Å². The van der Waals surface area contributed by atoms with Crippen LogP contribution in [0.3, 0.4) is 0 Å². The molecule has 0 aliphatic rings. The van der Waals surface area contributed by atoms with Crippen LogP contribution < -0.4 is 5.73 Å². The van der Waals surface area contributed by atoms with Crippen LogP contribution in [-0.4, -0.2) is 29.9 Å². The average molecular weight is 226 g/mol. The Hall–Kier alpha value is -0.870. The molecule has 15 heavy (non-hydrogen) atoms. The highest BCUT2D eigenvalue weighted by Gasteiger charge is 2.25. The standard InChI is InChI=1S/C11H18N2OS/c1-11(2,12)10(14)13(3)7-6-9-5-4-8-15-9/h4-5,8H,6-7,12H2,1-3H3. The number of amides is 1. The highest BCUT2D eigenvalue weighted by Crippen LogP contribution is 2.10. The van der Waals surface area contributed by atoms with Crippen LogP contribution in [-0.2, 0) is 11.2 Å². The molecule has 3 nitrogen and oxygen atoms in total. The first kappa shape index (κ1) is 12.2. The van der Waals surface area contributed by atoms with E-state index in [4.69, 9.17) is 5.73 Å². The molecule has 0 saturated carbocycles. The van der Waals surface area contributed by atoms with Crippen molar-refractivity contribution in [3.8, 4) is 0 Å². The third kappa shape index (κ3) is 3.64. The first-order valence-corrected chi connectivity index (χ1v) is 5.86. The van der Waals surface area contributed by atoms with E-state index in [-0.39, 0.29) is 5.91 Å². The molecule has 0 aliphatic heterocycles. The van der Waals surface area contributed by atoms with Crippen molar-refractivity contribution in [2.45, 2.75) is 25.8 Å². The number of rotatable bonds is 4. The summed E-state index contributed by atoms with van der Waals surface area (Å²) in [6.07, 6.45) is 0.899. The normalized spacial score (nSPS) is 11.5. The lowest BCUT2D eigenvalue weighted by molar-refractivity contribution is -0.134. The summed E-state index contributed by atoms with van der Waals surface area (Å²) >= 11 is 1.71. The minimum absolute atomic E-state index is 0.0148. The number of thiophene rings is 1. The monoisotopic (exact) mass is 226 g/mol. The molecule has 1 aromatic heterocycles. The maximum absolute atomic E-state index is 11.7. The van der Waals surface area contributed by atoms with E-state index in [0.717, 1.165) is 13.0 Å². The van der Waals surface area contributed by atoms with E-state index in [1.54, 1.807) is 37.1 Å². The second-order valence-corrected chi connectivity index (χ2v) is 5.31. The van der Waals surface area contributed by atoms with Crippen LogP contribution in [0.15, 0.2) is 17.5 Å². The lowest BCUT2D eigenvalue weighted by atomic mass is 10.1. The van der Waals surface area contributed by atoms with Crippen LogP contribution in [0.25, 0.3) is 0 Å². The van der Waals surface area contributed by atoms with Gasteiger partial charge in [0.25, 0.3) is 0 Å². The van der Waals surface area contributed by atoms with Gasteiger partial charge in [-0.1, -0.05) is 6.07 Å². The molecule has 1 heterocycles. The van der Waals surface area contributed by atoms with Gasteiger partial charge in [-0.3, -0.25) is 4.79 Å². The number of nitrogens with zero attached hydrogens (tertiary/aromatic N) is 1. The Bertz CT molecular complexity index is 314. The molecule has 0 atom stereocenters. The zero-order valence-corrected chi connectivity index (χ0v) is 10.3. The Morgan fingerprint density at radius 2 is 2.27 bits per heavy atom. The van der Waals surface area contributed by atoms with Crippen molar-refractivity contribution < 1.29 is 4.79 Å². The van der Waals surface area contributed by atoms with E-state index in [9.17, 15) is 4.79 Å². The lowest BCUT2D eigenvalue weighted by Crippen LogP contribution is -2.50. The van der Waals surface area contributed by atoms with Crippen molar-refractivity contribution in [2.24, 2.45) is 5.73 Å². The number of hydrogen-bond acceptors (Lipinski definition) is 3. The summed E-state index contributed by atoms with van der Waals surface area (Å²) in [7, 11) is 1.80. The minimum Gasteiger partial charge on any atom is -0.344 e. The van der Waals surface area contributed by atoms with Gasteiger partial charge in [0.2, 0.25) is 5.91 Å². The van der Waals surface area contributed by atoms with Crippen molar-refractivity contribution in [3.05, 3.63) is 22.4 Å². The zero-order chi connectivity index (χ0) is 11.5. The largest absolute Gasteiger partial charge is 0.344 e. The Morgan fingerprint density at radius 3 is 2.73 bits per heavy atom. The van der Waals surface area contributed by atoms with Crippen molar-refractivity contribution in [1.82, 2.24) is 4.90 Å². The molecule has 0 unspecified atom stereocenters. The Labute approximate surface area is 94.9 Å². The zero-order valence-electron chi connectivity index (χ0n) is 9.49. The van der Waals surface area contributed by atoms with Crippen molar-refractivity contribution in [1.29, 1.82) is 0 Å². The third-order valence-corrected chi connectivity index (χ3v) is 3.11. The summed E-state index contributed by atoms with van der Waals surface area (Å²) in [6, 6.07) is 4.10. The Balaban J connectivity index is 2.43. The fourth-order valence-electron chi connectivity index (χ4n) is 1.33. The highest BCUT2D eigenvalue weighted by molar-refractivity contribution is 7.09. The molecule has 4 heteroatoms. The number of likely N-dealkylation sites (N-methyl/N-ethyl adjacent to an activating group) is 1. The van der Waals surface area contributed by atoms with Gasteiger partial charge < -0.3 is 10.6 Å². The minimum atomic E-state index is -0.774. The third-order valence-electron chi connectivity index (χ3n) is 2.17. The summed E-state index contributed by atoms with van der Waals surface area (Å²) in [5.74, 6) is -0.0148. The van der Waals surface area contributed by atoms with E-state index < -0.39 is 5.54 Å². The topological polar surface area (TPSA) is 46.3 Å². The molecule has 1 rings (SSSR count). The van der Waals surface area contributed by atoms with E-state index in [1.165, 1.54) is 4.88 Å². The Kier molecular flexibility index (Phi) is 3.88. The predicted molar refractivity (Wildman–Crippen MR) is 63.9 cm³/mol. The molecule has 0 radical (unpaired) electrons. The van der Waals surface area contributed by atoms with Gasteiger partial charge in [-0.05, 0) is 31.7 Å². The summed E-state index contributed by atoms with van der Waals surface area (Å²) in [5.41, 5.74) is 4.97. The molecule has 84 valence electrons. The van der Waals surface area contributed by atoms with Crippen molar-refractivity contribution in [3.63, 3.8) is 0 Å².